The zero-order valence-electron chi connectivity index (χ0n) is 24.0. The molecule has 0 saturated carbocycles. The topological polar surface area (TPSA) is 111 Å². The molecule has 0 spiro atoms. The minimum absolute atomic E-state index is 0.0546. The van der Waals surface area contributed by atoms with E-state index in [2.05, 4.69) is 9.71 Å². The summed E-state index contributed by atoms with van der Waals surface area (Å²) in [5.74, 6) is 1.29. The first-order valence-electron chi connectivity index (χ1n) is 13.5. The highest BCUT2D eigenvalue weighted by Gasteiger charge is 2.26. The maximum atomic E-state index is 13.3. The van der Waals surface area contributed by atoms with E-state index in [1.165, 1.54) is 5.56 Å². The highest BCUT2D eigenvalue weighted by molar-refractivity contribution is 7.90. The summed E-state index contributed by atoms with van der Waals surface area (Å²) in [4.78, 5) is 16.9. The maximum absolute atomic E-state index is 13.3. The van der Waals surface area contributed by atoms with E-state index < -0.39 is 22.7 Å². The highest BCUT2D eigenvalue weighted by Crippen LogP contribution is 2.24. The zero-order valence-corrected chi connectivity index (χ0v) is 25.6. The van der Waals surface area contributed by atoms with Crippen LogP contribution in [0.15, 0.2) is 71.1 Å². The first-order valence-corrected chi connectivity index (χ1v) is 15.3. The molecular weight excluding hydrogens is 578 g/mol. The van der Waals surface area contributed by atoms with Gasteiger partial charge in [-0.1, -0.05) is 41.4 Å². The van der Waals surface area contributed by atoms with E-state index in [1.807, 2.05) is 38.1 Å². The number of carbonyl (C=O) groups excluding carboxylic acids is 1. The molecule has 9 nitrogen and oxygen atoms in total. The molecule has 0 atom stereocenters. The van der Waals surface area contributed by atoms with Crippen molar-refractivity contribution in [2.24, 2.45) is 0 Å². The number of nitrogens with zero attached hydrogens (tertiary/aromatic N) is 2. The predicted molar refractivity (Wildman–Crippen MR) is 163 cm³/mol. The lowest BCUT2D eigenvalue weighted by Crippen LogP contribution is -2.39. The monoisotopic (exact) mass is 611 g/mol. The van der Waals surface area contributed by atoms with Gasteiger partial charge in [-0.3, -0.25) is 9.52 Å². The van der Waals surface area contributed by atoms with Crippen LogP contribution in [-0.2, 0) is 32.7 Å². The number of esters is 1. The number of oxazole rings is 1. The molecule has 0 radical (unpaired) electrons. The van der Waals surface area contributed by atoms with Crippen LogP contribution in [-0.4, -0.2) is 43.4 Å². The van der Waals surface area contributed by atoms with Crippen LogP contribution >= 0.6 is 11.6 Å². The first kappa shape index (κ1) is 31.1. The van der Waals surface area contributed by atoms with Gasteiger partial charge in [0, 0.05) is 23.6 Å². The molecule has 0 fully saturated rings. The number of ether oxygens (including phenoxy) is 2. The van der Waals surface area contributed by atoms with E-state index in [9.17, 15) is 13.2 Å². The van der Waals surface area contributed by atoms with Gasteiger partial charge in [-0.25, -0.2) is 4.98 Å². The molecule has 0 amide bonds. The quantitative estimate of drug-likeness (QED) is 0.178. The Labute approximate surface area is 251 Å². The normalized spacial score (nSPS) is 11.5. The Morgan fingerprint density at radius 1 is 1.02 bits per heavy atom. The molecule has 0 aliphatic rings. The van der Waals surface area contributed by atoms with Gasteiger partial charge in [-0.2, -0.15) is 12.7 Å². The summed E-state index contributed by atoms with van der Waals surface area (Å²) < 4.78 is 46.9. The van der Waals surface area contributed by atoms with Gasteiger partial charge in [-0.05, 0) is 81.3 Å². The third kappa shape index (κ3) is 8.34. The van der Waals surface area contributed by atoms with E-state index in [4.69, 9.17) is 25.5 Å². The fraction of sp³-hybridized carbons (Fsp3) is 0.290. The Morgan fingerprint density at radius 3 is 2.40 bits per heavy atom. The van der Waals surface area contributed by atoms with Crippen molar-refractivity contribution in [1.29, 1.82) is 0 Å². The average molecular weight is 612 g/mol. The smallest absolute Gasteiger partial charge is 0.321 e. The molecule has 0 bridgehead atoms. The number of aromatic nitrogens is 1. The van der Waals surface area contributed by atoms with Crippen molar-refractivity contribution in [3.8, 4) is 17.2 Å². The summed E-state index contributed by atoms with van der Waals surface area (Å²) in [7, 11) is -4.11. The van der Waals surface area contributed by atoms with Gasteiger partial charge < -0.3 is 13.9 Å². The van der Waals surface area contributed by atoms with Crippen LogP contribution in [0.4, 0.5) is 5.69 Å². The van der Waals surface area contributed by atoms with E-state index in [0.717, 1.165) is 21.3 Å². The maximum Gasteiger partial charge on any atom is 0.321 e. The van der Waals surface area contributed by atoms with Crippen LogP contribution in [0.1, 0.15) is 35.1 Å². The molecule has 0 aliphatic heterocycles. The van der Waals surface area contributed by atoms with Crippen LogP contribution in [0.5, 0.6) is 5.75 Å². The van der Waals surface area contributed by atoms with Gasteiger partial charge in [0.2, 0.25) is 5.89 Å². The predicted octanol–water partition coefficient (Wildman–Crippen LogP) is 6.26. The molecule has 0 aliphatic carbocycles. The lowest BCUT2D eigenvalue weighted by molar-refractivity contribution is -0.143. The fourth-order valence-electron chi connectivity index (χ4n) is 4.16. The van der Waals surface area contributed by atoms with Crippen LogP contribution in [0.2, 0.25) is 5.02 Å². The summed E-state index contributed by atoms with van der Waals surface area (Å²) in [5, 5.41) is 0.490. The van der Waals surface area contributed by atoms with Gasteiger partial charge in [0.1, 0.15) is 18.1 Å². The van der Waals surface area contributed by atoms with Crippen LogP contribution < -0.4 is 9.46 Å². The van der Waals surface area contributed by atoms with Gasteiger partial charge >= 0.3 is 16.2 Å². The summed E-state index contributed by atoms with van der Waals surface area (Å²) >= 11 is 6.01. The number of aryl methyl sites for hydroxylation is 3. The highest BCUT2D eigenvalue weighted by atomic mass is 35.5. The Hall–Kier alpha value is -3.86. The van der Waals surface area contributed by atoms with E-state index >= 15 is 0 Å². The standard InChI is InChI=1S/C31H34ClN3O6S/c1-5-39-30(36)20-35(42(37,38)34-28-15-12-26(32)18-22(28)3)19-24-8-13-27(14-9-24)40-17-16-29-23(4)41-31(33-29)25-10-6-21(2)7-11-25/h6-15,18,34H,5,16-17,19-20H2,1-4H3. The van der Waals surface area contributed by atoms with Crippen molar-refractivity contribution in [2.75, 3.05) is 24.5 Å². The molecule has 11 heteroatoms. The molecule has 42 heavy (non-hydrogen) atoms. The summed E-state index contributed by atoms with van der Waals surface area (Å²) in [6.07, 6.45) is 0.560. The number of rotatable bonds is 13. The number of hydrogen-bond donors (Lipinski definition) is 1. The Kier molecular flexibility index (Phi) is 10.3. The molecule has 1 heterocycles. The summed E-state index contributed by atoms with van der Waals surface area (Å²) in [6.45, 7) is 7.34. The van der Waals surface area contributed by atoms with Crippen LogP contribution in [0.25, 0.3) is 11.5 Å². The summed E-state index contributed by atoms with van der Waals surface area (Å²) in [6, 6.07) is 19.9. The third-order valence-electron chi connectivity index (χ3n) is 6.46. The number of hydrogen-bond acceptors (Lipinski definition) is 7. The Morgan fingerprint density at radius 2 is 1.74 bits per heavy atom. The molecule has 0 saturated heterocycles. The minimum Gasteiger partial charge on any atom is -0.493 e. The largest absolute Gasteiger partial charge is 0.493 e. The number of halogens is 1. The summed E-state index contributed by atoms with van der Waals surface area (Å²) in [5.41, 5.74) is 4.59. The van der Waals surface area contributed by atoms with E-state index in [-0.39, 0.29) is 13.2 Å². The van der Waals surface area contributed by atoms with Gasteiger partial charge in [0.25, 0.3) is 0 Å². The molecule has 1 N–H and O–H groups in total. The van der Waals surface area contributed by atoms with Crippen molar-refractivity contribution in [3.05, 3.63) is 99.9 Å². The van der Waals surface area contributed by atoms with Crippen molar-refractivity contribution >= 4 is 33.5 Å². The molecule has 3 aromatic carbocycles. The molecule has 222 valence electrons. The van der Waals surface area contributed by atoms with Gasteiger partial charge in [0.15, 0.2) is 0 Å². The van der Waals surface area contributed by atoms with Gasteiger partial charge in [0.05, 0.1) is 24.6 Å². The average Bonchev–Trinajstić information content (AvgIpc) is 3.31. The Balaban J connectivity index is 1.39. The lowest BCUT2D eigenvalue weighted by Gasteiger charge is -2.23. The van der Waals surface area contributed by atoms with E-state index in [1.54, 1.807) is 56.3 Å². The molecule has 1 aromatic heterocycles. The van der Waals surface area contributed by atoms with Crippen molar-refractivity contribution < 1.29 is 27.1 Å². The van der Waals surface area contributed by atoms with E-state index in [0.29, 0.717) is 46.5 Å². The number of benzene rings is 3. The molecular formula is C31H34ClN3O6S. The second-order valence-corrected chi connectivity index (χ2v) is 11.9. The number of carbonyl (C=O) groups is 1. The first-order chi connectivity index (χ1) is 20.0. The minimum atomic E-state index is -4.11. The second-order valence-electron chi connectivity index (χ2n) is 9.77. The fourth-order valence-corrected chi connectivity index (χ4v) is 5.62. The molecule has 4 aromatic rings. The molecule has 4 rings (SSSR count). The SMILES string of the molecule is CCOC(=O)CN(Cc1ccc(OCCc2nc(-c3ccc(C)cc3)oc2C)cc1)S(=O)(=O)Nc1ccc(Cl)cc1C. The second kappa shape index (κ2) is 13.9. The van der Waals surface area contributed by atoms with Crippen LogP contribution in [0.3, 0.4) is 0 Å². The molecule has 0 unspecified atom stereocenters. The van der Waals surface area contributed by atoms with Crippen LogP contribution in [0, 0.1) is 20.8 Å². The van der Waals surface area contributed by atoms with Crippen molar-refractivity contribution in [1.82, 2.24) is 9.29 Å². The number of nitrogens with one attached hydrogen (secondary N) is 1. The van der Waals surface area contributed by atoms with Crippen molar-refractivity contribution in [2.45, 2.75) is 40.7 Å². The number of anilines is 1. The zero-order chi connectivity index (χ0) is 30.3. The third-order valence-corrected chi connectivity index (χ3v) is 8.11. The Bertz CT molecular complexity index is 1620. The van der Waals surface area contributed by atoms with Gasteiger partial charge in [-0.15, -0.1) is 0 Å². The lowest BCUT2D eigenvalue weighted by atomic mass is 10.1. The van der Waals surface area contributed by atoms with Crippen molar-refractivity contribution in [3.63, 3.8) is 0 Å².